The van der Waals surface area contributed by atoms with Gasteiger partial charge in [-0.3, -0.25) is 9.97 Å². The molecule has 1 N–H and O–H groups in total. The normalized spacial score (nSPS) is 23.8. The third-order valence-corrected chi connectivity index (χ3v) is 6.29. The Labute approximate surface area is 189 Å². The Morgan fingerprint density at radius 3 is 2.64 bits per heavy atom. The summed E-state index contributed by atoms with van der Waals surface area (Å²) < 4.78 is 50.2. The Morgan fingerprint density at radius 1 is 1.18 bits per heavy atom. The highest BCUT2D eigenvalue weighted by molar-refractivity contribution is 5.87. The fourth-order valence-electron chi connectivity index (χ4n) is 4.31. The van der Waals surface area contributed by atoms with Gasteiger partial charge >= 0.3 is 12.1 Å². The number of carboxylic acids is 1. The van der Waals surface area contributed by atoms with Crippen molar-refractivity contribution in [3.63, 3.8) is 0 Å². The van der Waals surface area contributed by atoms with Gasteiger partial charge in [0.15, 0.2) is 0 Å². The van der Waals surface area contributed by atoms with Crippen molar-refractivity contribution in [1.82, 2.24) is 9.97 Å². The number of hydrogen-bond acceptors (Lipinski definition) is 6. The van der Waals surface area contributed by atoms with E-state index in [-0.39, 0.29) is 30.4 Å². The molecule has 2 aromatic heterocycles. The molecule has 0 aromatic carbocycles. The van der Waals surface area contributed by atoms with Crippen LogP contribution in [0.3, 0.4) is 0 Å². The monoisotopic (exact) mass is 465 g/mol. The first-order valence-corrected chi connectivity index (χ1v) is 11.0. The van der Waals surface area contributed by atoms with Gasteiger partial charge in [0.05, 0.1) is 55.0 Å². The van der Waals surface area contributed by atoms with Crippen LogP contribution in [0.25, 0.3) is 0 Å². The van der Waals surface area contributed by atoms with Gasteiger partial charge < -0.3 is 19.5 Å². The van der Waals surface area contributed by atoms with Gasteiger partial charge in [0.1, 0.15) is 11.9 Å². The summed E-state index contributed by atoms with van der Waals surface area (Å²) >= 11 is 0. The van der Waals surface area contributed by atoms with Crippen LogP contribution in [-0.4, -0.2) is 53.5 Å². The Balaban J connectivity index is 1.33. The predicted octanol–water partition coefficient (Wildman–Crippen LogP) is 4.50. The molecule has 0 bridgehead atoms. The Morgan fingerprint density at radius 2 is 1.97 bits per heavy atom. The number of pyridine rings is 2. The average molecular weight is 465 g/mol. The number of nitrogens with zero attached hydrogens (tertiary/aromatic N) is 3. The van der Waals surface area contributed by atoms with Crippen LogP contribution in [0.1, 0.15) is 47.8 Å². The Kier molecular flexibility index (Phi) is 7.02. The number of carbonyl (C=O) groups is 1. The standard InChI is InChI=1S/C23H26F3N3O4/c24-23(25,26)17-4-1-15(2-5-17)14-33-19-9-18(11-27-12-19)29-7-8-32-21(13-29)20-6-3-16(10-28-20)22(30)31/h3,6,9-12,15,17,21H,1-2,4-5,7-8,13-14H2,(H,30,31). The zero-order valence-electron chi connectivity index (χ0n) is 18.0. The number of morpholine rings is 1. The molecule has 0 amide bonds. The molecule has 178 valence electrons. The number of ether oxygens (including phenoxy) is 2. The second-order valence-electron chi connectivity index (χ2n) is 8.53. The third-order valence-electron chi connectivity index (χ3n) is 6.29. The van der Waals surface area contributed by atoms with Crippen LogP contribution < -0.4 is 9.64 Å². The number of aromatic nitrogens is 2. The van der Waals surface area contributed by atoms with Crippen LogP contribution in [0.15, 0.2) is 36.8 Å². The highest BCUT2D eigenvalue weighted by Gasteiger charge is 2.41. The molecule has 2 fully saturated rings. The lowest BCUT2D eigenvalue weighted by Crippen LogP contribution is -2.38. The Hall–Kier alpha value is -2.88. The first-order valence-electron chi connectivity index (χ1n) is 11.0. The molecule has 33 heavy (non-hydrogen) atoms. The molecule has 0 spiro atoms. The molecule has 2 aromatic rings. The summed E-state index contributed by atoms with van der Waals surface area (Å²) in [6.45, 7) is 2.02. The second-order valence-corrected chi connectivity index (χ2v) is 8.53. The Bertz CT molecular complexity index is 947. The molecule has 0 radical (unpaired) electrons. The molecule has 3 heterocycles. The van der Waals surface area contributed by atoms with Crippen LogP contribution in [0.2, 0.25) is 0 Å². The maximum Gasteiger partial charge on any atom is 0.391 e. The minimum atomic E-state index is -4.10. The molecule has 7 nitrogen and oxygen atoms in total. The number of rotatable bonds is 6. The quantitative estimate of drug-likeness (QED) is 0.672. The summed E-state index contributed by atoms with van der Waals surface area (Å²) in [6.07, 6.45) is 1.58. The van der Waals surface area contributed by atoms with Crippen LogP contribution in [-0.2, 0) is 4.74 Å². The van der Waals surface area contributed by atoms with E-state index in [2.05, 4.69) is 14.9 Å². The predicted molar refractivity (Wildman–Crippen MR) is 113 cm³/mol. The maximum atomic E-state index is 12.8. The molecule has 10 heteroatoms. The molecule has 1 saturated heterocycles. The zero-order valence-corrected chi connectivity index (χ0v) is 18.0. The van der Waals surface area contributed by atoms with Crippen molar-refractivity contribution < 1.29 is 32.5 Å². The SMILES string of the molecule is O=C(O)c1ccc(C2CN(c3cncc(OCC4CCC(C(F)(F)F)CC4)c3)CCO2)nc1. The summed E-state index contributed by atoms with van der Waals surface area (Å²) in [5, 5.41) is 9.03. The summed E-state index contributed by atoms with van der Waals surface area (Å²) in [7, 11) is 0. The van der Waals surface area contributed by atoms with E-state index < -0.39 is 18.1 Å². The minimum absolute atomic E-state index is 0.111. The number of anilines is 1. The van der Waals surface area contributed by atoms with Crippen molar-refractivity contribution in [2.45, 2.75) is 38.0 Å². The van der Waals surface area contributed by atoms with E-state index in [4.69, 9.17) is 14.6 Å². The van der Waals surface area contributed by atoms with Crippen molar-refractivity contribution >= 4 is 11.7 Å². The van der Waals surface area contributed by atoms with Gasteiger partial charge in [-0.2, -0.15) is 13.2 Å². The summed E-state index contributed by atoms with van der Waals surface area (Å²) in [5.41, 5.74) is 1.62. The molecule has 1 unspecified atom stereocenters. The number of halogens is 3. The molecular formula is C23H26F3N3O4. The second kappa shape index (κ2) is 9.94. The first kappa shape index (κ1) is 23.3. The van der Waals surface area contributed by atoms with Crippen molar-refractivity contribution in [1.29, 1.82) is 0 Å². The topological polar surface area (TPSA) is 84.8 Å². The van der Waals surface area contributed by atoms with E-state index in [0.717, 1.165) is 5.69 Å². The number of carboxylic acid groups (broad SMARTS) is 1. The lowest BCUT2D eigenvalue weighted by molar-refractivity contribution is -0.184. The molecule has 1 aliphatic carbocycles. The fraction of sp³-hybridized carbons (Fsp3) is 0.522. The van der Waals surface area contributed by atoms with Gasteiger partial charge in [0.25, 0.3) is 0 Å². The van der Waals surface area contributed by atoms with Crippen LogP contribution in [0, 0.1) is 11.8 Å². The average Bonchev–Trinajstić information content (AvgIpc) is 2.83. The van der Waals surface area contributed by atoms with Crippen LogP contribution in [0.5, 0.6) is 5.75 Å². The largest absolute Gasteiger partial charge is 0.492 e. The van der Waals surface area contributed by atoms with Gasteiger partial charge in [0.2, 0.25) is 0 Å². The lowest BCUT2D eigenvalue weighted by Gasteiger charge is -2.34. The molecule has 2 aliphatic rings. The van der Waals surface area contributed by atoms with Crippen LogP contribution in [0.4, 0.5) is 18.9 Å². The fourth-order valence-corrected chi connectivity index (χ4v) is 4.31. The van der Waals surface area contributed by atoms with E-state index in [1.165, 1.54) is 12.3 Å². The first-order chi connectivity index (χ1) is 15.8. The van der Waals surface area contributed by atoms with E-state index in [1.807, 2.05) is 6.07 Å². The summed E-state index contributed by atoms with van der Waals surface area (Å²) in [6, 6.07) is 5.03. The van der Waals surface area contributed by atoms with E-state index in [0.29, 0.717) is 50.6 Å². The molecular weight excluding hydrogens is 439 g/mol. The maximum absolute atomic E-state index is 12.8. The molecule has 1 saturated carbocycles. The minimum Gasteiger partial charge on any atom is -0.492 e. The smallest absolute Gasteiger partial charge is 0.391 e. The van der Waals surface area contributed by atoms with Crippen molar-refractivity contribution in [3.05, 3.63) is 48.0 Å². The number of alkyl halides is 3. The summed E-state index contributed by atoms with van der Waals surface area (Å²) in [5.74, 6) is -1.53. The van der Waals surface area contributed by atoms with E-state index in [1.54, 1.807) is 18.5 Å². The van der Waals surface area contributed by atoms with Crippen molar-refractivity contribution in [2.24, 2.45) is 11.8 Å². The molecule has 4 rings (SSSR count). The lowest BCUT2D eigenvalue weighted by atomic mass is 9.82. The summed E-state index contributed by atoms with van der Waals surface area (Å²) in [4.78, 5) is 21.6. The van der Waals surface area contributed by atoms with E-state index >= 15 is 0 Å². The zero-order chi connectivity index (χ0) is 23.4. The number of aromatic carboxylic acids is 1. The van der Waals surface area contributed by atoms with Gasteiger partial charge in [-0.25, -0.2) is 4.79 Å². The molecule has 1 atom stereocenters. The van der Waals surface area contributed by atoms with Gasteiger partial charge in [-0.15, -0.1) is 0 Å². The van der Waals surface area contributed by atoms with E-state index in [9.17, 15) is 18.0 Å². The third kappa shape index (κ3) is 5.93. The molecule has 1 aliphatic heterocycles. The van der Waals surface area contributed by atoms with Gasteiger partial charge in [0, 0.05) is 18.8 Å². The highest BCUT2D eigenvalue weighted by Crippen LogP contribution is 2.39. The highest BCUT2D eigenvalue weighted by atomic mass is 19.4. The van der Waals surface area contributed by atoms with Crippen molar-refractivity contribution in [3.8, 4) is 5.75 Å². The van der Waals surface area contributed by atoms with Crippen LogP contribution >= 0.6 is 0 Å². The van der Waals surface area contributed by atoms with Crippen molar-refractivity contribution in [2.75, 3.05) is 31.2 Å². The van der Waals surface area contributed by atoms with Gasteiger partial charge in [-0.1, -0.05) is 0 Å². The number of hydrogen-bond donors (Lipinski definition) is 1. The van der Waals surface area contributed by atoms with Gasteiger partial charge in [-0.05, 0) is 43.7 Å².